The Labute approximate surface area is 207 Å². The van der Waals surface area contributed by atoms with E-state index in [0.29, 0.717) is 40.0 Å². The summed E-state index contributed by atoms with van der Waals surface area (Å²) >= 11 is 0. The van der Waals surface area contributed by atoms with Crippen LogP contribution in [0, 0.1) is 18.3 Å². The summed E-state index contributed by atoms with van der Waals surface area (Å²) in [4.78, 5) is 15.7. The second-order valence-corrected chi connectivity index (χ2v) is 10.3. The SMILES string of the molecule is Cc1ccc(NS(=O)(=O)c2ccc(C(=O)Nc3cnn(C4CCCCO4)c3)cc2)c2[nH]cc(C#N)c12. The first kappa shape index (κ1) is 23.6. The third-order valence-electron chi connectivity index (χ3n) is 6.15. The molecule has 10 nitrogen and oxygen atoms in total. The van der Waals surface area contributed by atoms with Crippen molar-refractivity contribution >= 4 is 38.2 Å². The Morgan fingerprint density at radius 1 is 1.22 bits per heavy atom. The minimum absolute atomic E-state index is 0.00195. The molecule has 0 spiro atoms. The van der Waals surface area contributed by atoms with Crippen molar-refractivity contribution in [2.24, 2.45) is 0 Å². The molecule has 11 heteroatoms. The molecule has 2 aromatic carbocycles. The van der Waals surface area contributed by atoms with Gasteiger partial charge in [0.2, 0.25) is 0 Å². The number of benzene rings is 2. The lowest BCUT2D eigenvalue weighted by Gasteiger charge is -2.22. The number of carbonyl (C=O) groups excluding carboxylic acids is 1. The summed E-state index contributed by atoms with van der Waals surface area (Å²) in [7, 11) is -3.94. The maximum atomic E-state index is 13.0. The summed E-state index contributed by atoms with van der Waals surface area (Å²) in [5.74, 6) is -0.383. The fourth-order valence-corrected chi connectivity index (χ4v) is 5.35. The van der Waals surface area contributed by atoms with E-state index in [0.717, 1.165) is 24.8 Å². The first-order valence-electron chi connectivity index (χ1n) is 11.5. The van der Waals surface area contributed by atoms with Crippen molar-refractivity contribution < 1.29 is 17.9 Å². The summed E-state index contributed by atoms with van der Waals surface area (Å²) in [6.45, 7) is 2.55. The summed E-state index contributed by atoms with van der Waals surface area (Å²) in [5.41, 5.74) is 2.99. The maximum Gasteiger partial charge on any atom is 0.261 e. The molecular formula is C25H24N6O4S. The van der Waals surface area contributed by atoms with E-state index in [-0.39, 0.29) is 17.0 Å². The molecule has 1 atom stereocenters. The third kappa shape index (κ3) is 4.56. The summed E-state index contributed by atoms with van der Waals surface area (Å²) in [6.07, 6.45) is 7.67. The number of amides is 1. The summed E-state index contributed by atoms with van der Waals surface area (Å²) < 4.78 is 36.0. The van der Waals surface area contributed by atoms with Gasteiger partial charge in [-0.3, -0.25) is 9.52 Å². The average Bonchev–Trinajstić information content (AvgIpc) is 3.54. The van der Waals surface area contributed by atoms with Gasteiger partial charge in [0.05, 0.1) is 39.7 Å². The number of aromatic nitrogens is 3. The number of nitriles is 1. The number of sulfonamides is 1. The van der Waals surface area contributed by atoms with Crippen molar-refractivity contribution in [3.05, 3.63) is 71.7 Å². The molecule has 4 aromatic rings. The van der Waals surface area contributed by atoms with Gasteiger partial charge in [0.1, 0.15) is 12.3 Å². The normalized spacial score (nSPS) is 15.9. The van der Waals surface area contributed by atoms with Crippen molar-refractivity contribution in [3.63, 3.8) is 0 Å². The predicted molar refractivity (Wildman–Crippen MR) is 134 cm³/mol. The molecular weight excluding hydrogens is 480 g/mol. The van der Waals surface area contributed by atoms with E-state index in [9.17, 15) is 18.5 Å². The topological polar surface area (TPSA) is 142 Å². The summed E-state index contributed by atoms with van der Waals surface area (Å²) in [5, 5.41) is 17.0. The molecule has 1 aliphatic heterocycles. The molecule has 2 aromatic heterocycles. The predicted octanol–water partition coefficient (Wildman–Crippen LogP) is 4.30. The number of aromatic amines is 1. The minimum atomic E-state index is -3.94. The zero-order valence-electron chi connectivity index (χ0n) is 19.5. The molecule has 0 aliphatic carbocycles. The lowest BCUT2D eigenvalue weighted by atomic mass is 10.1. The first-order valence-corrected chi connectivity index (χ1v) is 12.9. The molecule has 1 amide bonds. The van der Waals surface area contributed by atoms with Crippen LogP contribution in [0.5, 0.6) is 0 Å². The van der Waals surface area contributed by atoms with Crippen molar-refractivity contribution in [1.82, 2.24) is 14.8 Å². The van der Waals surface area contributed by atoms with Gasteiger partial charge in [-0.15, -0.1) is 0 Å². The van der Waals surface area contributed by atoms with Gasteiger partial charge in [-0.2, -0.15) is 10.4 Å². The number of carbonyl (C=O) groups is 1. The lowest BCUT2D eigenvalue weighted by molar-refractivity contribution is -0.0394. The molecule has 1 fully saturated rings. The van der Waals surface area contributed by atoms with E-state index in [2.05, 4.69) is 26.2 Å². The number of aryl methyl sites for hydroxylation is 1. The maximum absolute atomic E-state index is 13.0. The molecule has 0 bridgehead atoms. The van der Waals surface area contributed by atoms with Gasteiger partial charge < -0.3 is 15.0 Å². The van der Waals surface area contributed by atoms with E-state index in [1.165, 1.54) is 24.3 Å². The molecule has 1 unspecified atom stereocenters. The molecule has 5 rings (SSSR count). The quantitative estimate of drug-likeness (QED) is 0.357. The summed E-state index contributed by atoms with van der Waals surface area (Å²) in [6, 6.07) is 11.2. The smallest absolute Gasteiger partial charge is 0.261 e. The molecule has 184 valence electrons. The zero-order valence-corrected chi connectivity index (χ0v) is 20.3. The third-order valence-corrected chi connectivity index (χ3v) is 7.53. The first-order chi connectivity index (χ1) is 17.4. The van der Waals surface area contributed by atoms with Gasteiger partial charge in [0, 0.05) is 23.8 Å². The number of hydrogen-bond donors (Lipinski definition) is 3. The van der Waals surface area contributed by atoms with Crippen LogP contribution >= 0.6 is 0 Å². The molecule has 1 saturated heterocycles. The van der Waals surface area contributed by atoms with Crippen molar-refractivity contribution in [1.29, 1.82) is 5.26 Å². The van der Waals surface area contributed by atoms with Crippen LogP contribution in [0.1, 0.15) is 47.0 Å². The van der Waals surface area contributed by atoms with Crippen LogP contribution in [0.15, 0.2) is 59.9 Å². The van der Waals surface area contributed by atoms with Gasteiger partial charge in [-0.05, 0) is 62.1 Å². The van der Waals surface area contributed by atoms with Gasteiger partial charge >= 0.3 is 0 Å². The Kier molecular flexibility index (Phi) is 6.22. The number of nitrogens with one attached hydrogen (secondary N) is 3. The van der Waals surface area contributed by atoms with Crippen LogP contribution in [0.4, 0.5) is 11.4 Å². The standard InChI is InChI=1S/C25H24N6O4S/c1-16-5-10-21(24-23(16)18(12-26)13-27-24)30-36(33,34)20-8-6-17(7-9-20)25(32)29-19-14-28-31(15-19)22-4-2-3-11-35-22/h5-10,13-15,22,27,30H,2-4,11H2,1H3,(H,29,32). The molecule has 0 radical (unpaired) electrons. The number of H-pyrrole nitrogens is 1. The number of rotatable bonds is 6. The highest BCUT2D eigenvalue weighted by molar-refractivity contribution is 7.92. The van der Waals surface area contributed by atoms with Gasteiger partial charge in [0.25, 0.3) is 15.9 Å². The van der Waals surface area contributed by atoms with E-state index < -0.39 is 10.0 Å². The Bertz CT molecular complexity index is 1580. The lowest BCUT2D eigenvalue weighted by Crippen LogP contribution is -2.18. The number of hydrogen-bond acceptors (Lipinski definition) is 6. The van der Waals surface area contributed by atoms with Crippen LogP contribution in [0.2, 0.25) is 0 Å². The van der Waals surface area contributed by atoms with Crippen LogP contribution in [0.3, 0.4) is 0 Å². The average molecular weight is 505 g/mol. The Balaban J connectivity index is 1.30. The fourth-order valence-electron chi connectivity index (χ4n) is 4.28. The Hall–Kier alpha value is -4.14. The van der Waals surface area contributed by atoms with Crippen LogP contribution < -0.4 is 10.0 Å². The number of fused-ring (bicyclic) bond motifs is 1. The Morgan fingerprint density at radius 3 is 2.75 bits per heavy atom. The highest BCUT2D eigenvalue weighted by Crippen LogP contribution is 2.30. The monoisotopic (exact) mass is 504 g/mol. The van der Waals surface area contributed by atoms with Crippen molar-refractivity contribution in [2.45, 2.75) is 37.3 Å². The highest BCUT2D eigenvalue weighted by atomic mass is 32.2. The van der Waals surface area contributed by atoms with Crippen LogP contribution in [-0.2, 0) is 14.8 Å². The largest absolute Gasteiger partial charge is 0.358 e. The van der Waals surface area contributed by atoms with E-state index in [1.54, 1.807) is 35.4 Å². The van der Waals surface area contributed by atoms with Crippen LogP contribution in [-0.4, -0.2) is 35.7 Å². The van der Waals surface area contributed by atoms with Crippen LogP contribution in [0.25, 0.3) is 10.9 Å². The van der Waals surface area contributed by atoms with E-state index in [4.69, 9.17) is 4.74 Å². The molecule has 0 saturated carbocycles. The van der Waals surface area contributed by atoms with E-state index >= 15 is 0 Å². The van der Waals surface area contributed by atoms with Gasteiger partial charge in [-0.1, -0.05) is 6.07 Å². The van der Waals surface area contributed by atoms with E-state index in [1.807, 2.05) is 6.92 Å². The second-order valence-electron chi connectivity index (χ2n) is 8.61. The fraction of sp³-hybridized carbons (Fsp3) is 0.240. The molecule has 36 heavy (non-hydrogen) atoms. The Morgan fingerprint density at radius 2 is 2.03 bits per heavy atom. The van der Waals surface area contributed by atoms with Crippen molar-refractivity contribution in [3.8, 4) is 6.07 Å². The number of anilines is 2. The zero-order chi connectivity index (χ0) is 25.3. The molecule has 3 heterocycles. The van der Waals surface area contributed by atoms with Gasteiger partial charge in [0.15, 0.2) is 0 Å². The molecule has 1 aliphatic rings. The highest BCUT2D eigenvalue weighted by Gasteiger charge is 2.20. The molecule has 3 N–H and O–H groups in total. The minimum Gasteiger partial charge on any atom is -0.358 e. The second kappa shape index (κ2) is 9.49. The van der Waals surface area contributed by atoms with Gasteiger partial charge in [-0.25, -0.2) is 13.1 Å². The number of ether oxygens (including phenoxy) is 1. The number of nitrogens with zero attached hydrogens (tertiary/aromatic N) is 3. The van der Waals surface area contributed by atoms with Crippen molar-refractivity contribution in [2.75, 3.05) is 16.6 Å².